The third kappa shape index (κ3) is 4.94. The number of allylic oxidation sites excluding steroid dienone is 8. The van der Waals surface area contributed by atoms with E-state index < -0.39 is 0 Å². The summed E-state index contributed by atoms with van der Waals surface area (Å²) in [6.07, 6.45) is 10.2. The molecule has 0 unspecified atom stereocenters. The maximum atomic E-state index is 4.49. The Balaban J connectivity index is 1.65. The van der Waals surface area contributed by atoms with Crippen LogP contribution in [0.25, 0.3) is 55.1 Å². The lowest BCUT2D eigenvalue weighted by Gasteiger charge is -2.15. The number of benzene rings is 5. The topological polar surface area (TPSA) is 0 Å². The lowest BCUT2D eigenvalue weighted by atomic mass is 9.88. The molecule has 190 valence electrons. The summed E-state index contributed by atoms with van der Waals surface area (Å²) in [6, 6.07) is 30.9. The van der Waals surface area contributed by atoms with E-state index in [1.54, 1.807) is 0 Å². The zero-order chi connectivity index (χ0) is 27.5. The number of hydrogen-bond donors (Lipinski definition) is 0. The van der Waals surface area contributed by atoms with Crippen LogP contribution in [0, 0.1) is 0 Å². The summed E-state index contributed by atoms with van der Waals surface area (Å²) in [5, 5.41) is 7.42. The first-order chi connectivity index (χ1) is 18.9. The Kier molecular flexibility index (Phi) is 7.30. The molecule has 0 aliphatic heterocycles. The highest BCUT2D eigenvalue weighted by Gasteiger charge is 2.12. The molecule has 5 aromatic carbocycles. The number of rotatable bonds is 7. The molecule has 0 heterocycles. The molecule has 0 N–H and O–H groups in total. The van der Waals surface area contributed by atoms with E-state index in [1.165, 1.54) is 43.4 Å². The minimum absolute atomic E-state index is 0.996. The molecule has 0 amide bonds. The van der Waals surface area contributed by atoms with Crippen molar-refractivity contribution in [1.29, 1.82) is 0 Å². The van der Waals surface area contributed by atoms with Crippen LogP contribution < -0.4 is 0 Å². The molecule has 0 heteroatoms. The van der Waals surface area contributed by atoms with Gasteiger partial charge in [-0.25, -0.2) is 0 Å². The van der Waals surface area contributed by atoms with Crippen LogP contribution in [-0.2, 0) is 0 Å². The molecule has 5 rings (SSSR count). The molecule has 0 fully saturated rings. The van der Waals surface area contributed by atoms with E-state index in [1.807, 2.05) is 19.1 Å². The average molecular weight is 503 g/mol. The van der Waals surface area contributed by atoms with Crippen molar-refractivity contribution in [2.45, 2.75) is 20.8 Å². The molecule has 0 saturated heterocycles. The lowest BCUT2D eigenvalue weighted by Crippen LogP contribution is -1.93. The summed E-state index contributed by atoms with van der Waals surface area (Å²) in [6.45, 7) is 18.8. The fraction of sp³-hybridized carbons (Fsp3) is 0.0769. The highest BCUT2D eigenvalue weighted by atomic mass is 14.2. The molecular weight excluding hydrogens is 468 g/mol. The van der Waals surface area contributed by atoms with E-state index in [0.717, 1.165) is 33.4 Å². The van der Waals surface area contributed by atoms with Crippen LogP contribution in [-0.4, -0.2) is 0 Å². The maximum absolute atomic E-state index is 4.49. The summed E-state index contributed by atoms with van der Waals surface area (Å²) >= 11 is 0. The Bertz CT molecular complexity index is 1870. The first-order valence-electron chi connectivity index (χ1n) is 13.4. The molecule has 0 atom stereocenters. The first kappa shape index (κ1) is 25.9. The average Bonchev–Trinajstić information content (AvgIpc) is 2.98. The predicted molar refractivity (Wildman–Crippen MR) is 175 cm³/mol. The summed E-state index contributed by atoms with van der Waals surface area (Å²) in [4.78, 5) is 0. The molecular formula is C39H34. The third-order valence-electron chi connectivity index (χ3n) is 7.61. The normalized spacial score (nSPS) is 12.7. The second kappa shape index (κ2) is 11.0. The van der Waals surface area contributed by atoms with E-state index >= 15 is 0 Å². The smallest absolute Gasteiger partial charge is 0.00988 e. The Labute approximate surface area is 232 Å². The fourth-order valence-electron chi connectivity index (χ4n) is 5.32. The largest absolute Gasteiger partial charge is 0.0988 e. The van der Waals surface area contributed by atoms with Gasteiger partial charge in [0, 0.05) is 0 Å². The van der Waals surface area contributed by atoms with E-state index in [0.29, 0.717) is 0 Å². The Hall–Kier alpha value is -4.68. The Morgan fingerprint density at radius 3 is 2.23 bits per heavy atom. The van der Waals surface area contributed by atoms with Gasteiger partial charge >= 0.3 is 0 Å². The van der Waals surface area contributed by atoms with Crippen molar-refractivity contribution >= 4 is 44.0 Å². The van der Waals surface area contributed by atoms with Crippen LogP contribution in [0.3, 0.4) is 0 Å². The van der Waals surface area contributed by atoms with E-state index in [-0.39, 0.29) is 0 Å². The lowest BCUT2D eigenvalue weighted by molar-refractivity contribution is 1.41. The van der Waals surface area contributed by atoms with Gasteiger partial charge in [-0.1, -0.05) is 117 Å². The maximum Gasteiger partial charge on any atom is -0.00988 e. The summed E-state index contributed by atoms with van der Waals surface area (Å²) in [5.74, 6) is 0. The van der Waals surface area contributed by atoms with Crippen molar-refractivity contribution in [3.8, 4) is 11.1 Å². The third-order valence-corrected chi connectivity index (χ3v) is 7.61. The molecule has 0 aliphatic carbocycles. The fourth-order valence-corrected chi connectivity index (χ4v) is 5.32. The van der Waals surface area contributed by atoms with Gasteiger partial charge in [-0.2, -0.15) is 0 Å². The van der Waals surface area contributed by atoms with Crippen molar-refractivity contribution in [2.75, 3.05) is 0 Å². The molecule has 0 bridgehead atoms. The molecule has 0 aliphatic rings. The van der Waals surface area contributed by atoms with Crippen LogP contribution in [0.5, 0.6) is 0 Å². The van der Waals surface area contributed by atoms with E-state index in [2.05, 4.69) is 137 Å². The zero-order valence-corrected chi connectivity index (χ0v) is 23.1. The molecule has 0 aromatic heterocycles. The van der Waals surface area contributed by atoms with E-state index in [9.17, 15) is 0 Å². The minimum atomic E-state index is 0.996. The van der Waals surface area contributed by atoms with Gasteiger partial charge in [0.1, 0.15) is 0 Å². The van der Waals surface area contributed by atoms with Gasteiger partial charge < -0.3 is 0 Å². The molecule has 39 heavy (non-hydrogen) atoms. The quantitative estimate of drug-likeness (QED) is 0.153. The minimum Gasteiger partial charge on any atom is -0.0988 e. The molecule has 5 aromatic rings. The second-order valence-corrected chi connectivity index (χ2v) is 10.0. The Morgan fingerprint density at radius 2 is 1.49 bits per heavy atom. The van der Waals surface area contributed by atoms with Crippen molar-refractivity contribution < 1.29 is 0 Å². The van der Waals surface area contributed by atoms with Gasteiger partial charge in [-0.3, -0.25) is 0 Å². The van der Waals surface area contributed by atoms with Crippen LogP contribution in [0.2, 0.25) is 0 Å². The number of hydrogen-bond acceptors (Lipinski definition) is 0. The SMILES string of the molecule is C=C/C(C)=C(\C=C/C)/C=C(\C)C(=C)c1cc2ccc3c(-c4ccc5ccccc5c4)cccc3c2cc1C=C. The molecule has 0 saturated carbocycles. The predicted octanol–water partition coefficient (Wildman–Crippen LogP) is 11.5. The Morgan fingerprint density at radius 1 is 0.718 bits per heavy atom. The second-order valence-electron chi connectivity index (χ2n) is 10.0. The van der Waals surface area contributed by atoms with Gasteiger partial charge in [-0.15, -0.1) is 0 Å². The molecule has 0 radical (unpaired) electrons. The zero-order valence-electron chi connectivity index (χ0n) is 23.1. The van der Waals surface area contributed by atoms with Gasteiger partial charge in [-0.05, 0) is 116 Å². The van der Waals surface area contributed by atoms with E-state index in [4.69, 9.17) is 0 Å². The summed E-state index contributed by atoms with van der Waals surface area (Å²) in [7, 11) is 0. The highest BCUT2D eigenvalue weighted by Crippen LogP contribution is 2.37. The van der Waals surface area contributed by atoms with Crippen LogP contribution in [0.4, 0.5) is 0 Å². The van der Waals surface area contributed by atoms with Crippen molar-refractivity contribution in [3.63, 3.8) is 0 Å². The molecule has 0 nitrogen and oxygen atoms in total. The highest BCUT2D eigenvalue weighted by molar-refractivity contribution is 6.13. The van der Waals surface area contributed by atoms with Crippen molar-refractivity contribution in [1.82, 2.24) is 0 Å². The van der Waals surface area contributed by atoms with Crippen LogP contribution in [0.1, 0.15) is 31.9 Å². The van der Waals surface area contributed by atoms with Crippen LogP contribution >= 0.6 is 0 Å². The first-order valence-corrected chi connectivity index (χ1v) is 13.4. The summed E-state index contributed by atoms with van der Waals surface area (Å²) in [5.41, 5.74) is 9.05. The van der Waals surface area contributed by atoms with Gasteiger partial charge in [0.2, 0.25) is 0 Å². The summed E-state index contributed by atoms with van der Waals surface area (Å²) < 4.78 is 0. The standard InChI is InChI=1S/C39H34/c1-7-13-31(26(4)8-2)22-27(5)28(6)38-25-34-20-21-37-35(16-12-17-36(37)39(34)24-29(38)9-3)33-19-18-30-14-10-11-15-32(30)23-33/h7-25H,2-3,6H2,1,4-5H3/b13-7-,27-22+,31-26+. The molecule has 0 spiro atoms. The van der Waals surface area contributed by atoms with Crippen LogP contribution in [0.15, 0.2) is 146 Å². The number of fused-ring (bicyclic) bond motifs is 4. The van der Waals surface area contributed by atoms with Crippen molar-refractivity contribution in [3.05, 3.63) is 157 Å². The van der Waals surface area contributed by atoms with Gasteiger partial charge in [0.25, 0.3) is 0 Å². The van der Waals surface area contributed by atoms with Crippen molar-refractivity contribution in [2.24, 2.45) is 0 Å². The van der Waals surface area contributed by atoms with Gasteiger partial charge in [0.05, 0.1) is 0 Å². The monoisotopic (exact) mass is 502 g/mol. The van der Waals surface area contributed by atoms with Gasteiger partial charge in [0.15, 0.2) is 0 Å².